The second kappa shape index (κ2) is 6.83. The van der Waals surface area contributed by atoms with Crippen molar-refractivity contribution < 1.29 is 31.8 Å². The topological polar surface area (TPSA) is 27.7 Å². The fourth-order valence-electron chi connectivity index (χ4n) is 2.30. The lowest BCUT2D eigenvalue weighted by atomic mass is 10.1. The fourth-order valence-corrected chi connectivity index (χ4v) is 2.30. The summed E-state index contributed by atoms with van der Waals surface area (Å²) in [6.45, 7) is 3.29. The van der Waals surface area contributed by atoms with E-state index in [1.807, 2.05) is 6.92 Å². The standard InChI is InChI=1S/C15H18F4O3/c1-3-4-9-7-20-14(21-8-9)10-5-11(16)13(12(17)6-10)22-15(2,18)19/h5-6,9,14H,3-4,7-8H2,1-2H3. The van der Waals surface area contributed by atoms with Crippen LogP contribution in [0.5, 0.6) is 5.75 Å². The Hall–Kier alpha value is -1.34. The minimum Gasteiger partial charge on any atom is -0.426 e. The zero-order chi connectivity index (χ0) is 16.3. The monoisotopic (exact) mass is 322 g/mol. The molecule has 1 fully saturated rings. The summed E-state index contributed by atoms with van der Waals surface area (Å²) in [6.07, 6.45) is -2.65. The summed E-state index contributed by atoms with van der Waals surface area (Å²) in [5.74, 6) is -3.31. The lowest BCUT2D eigenvalue weighted by Gasteiger charge is -2.29. The number of alkyl halides is 2. The van der Waals surface area contributed by atoms with Crippen molar-refractivity contribution in [2.24, 2.45) is 5.92 Å². The van der Waals surface area contributed by atoms with Gasteiger partial charge in [0.2, 0.25) is 0 Å². The van der Waals surface area contributed by atoms with Gasteiger partial charge in [0.1, 0.15) is 0 Å². The molecule has 0 N–H and O–H groups in total. The Morgan fingerprint density at radius 1 is 1.18 bits per heavy atom. The number of halogens is 4. The molecular weight excluding hydrogens is 304 g/mol. The Morgan fingerprint density at radius 2 is 1.73 bits per heavy atom. The van der Waals surface area contributed by atoms with E-state index < -0.39 is 29.8 Å². The van der Waals surface area contributed by atoms with Crippen LogP contribution in [-0.4, -0.2) is 19.3 Å². The lowest BCUT2D eigenvalue weighted by molar-refractivity contribution is -0.206. The highest BCUT2D eigenvalue weighted by Gasteiger charge is 2.30. The second-order valence-corrected chi connectivity index (χ2v) is 5.38. The largest absolute Gasteiger partial charge is 0.426 e. The predicted octanol–water partition coefficient (Wildman–Crippen LogP) is 4.42. The molecule has 0 saturated carbocycles. The first kappa shape index (κ1) is 17.0. The van der Waals surface area contributed by atoms with Gasteiger partial charge in [-0.1, -0.05) is 13.3 Å². The van der Waals surface area contributed by atoms with Gasteiger partial charge in [0, 0.05) is 18.4 Å². The summed E-state index contributed by atoms with van der Waals surface area (Å²) in [5, 5.41) is 0. The molecule has 3 nitrogen and oxygen atoms in total. The van der Waals surface area contributed by atoms with Crippen molar-refractivity contribution in [2.45, 2.75) is 39.1 Å². The molecule has 0 radical (unpaired) electrons. The fraction of sp³-hybridized carbons (Fsp3) is 0.600. The highest BCUT2D eigenvalue weighted by Crippen LogP contribution is 2.33. The molecule has 7 heteroatoms. The molecule has 0 unspecified atom stereocenters. The summed E-state index contributed by atoms with van der Waals surface area (Å²) >= 11 is 0. The normalized spacial score (nSPS) is 22.6. The molecule has 0 aromatic heterocycles. The lowest BCUT2D eigenvalue weighted by Crippen LogP contribution is -2.27. The summed E-state index contributed by atoms with van der Waals surface area (Å²) in [6, 6.07) is 1.77. The molecule has 1 aliphatic heterocycles. The van der Waals surface area contributed by atoms with Crippen LogP contribution in [0.1, 0.15) is 38.5 Å². The number of benzene rings is 1. The second-order valence-electron chi connectivity index (χ2n) is 5.38. The Balaban J connectivity index is 2.11. The Bertz CT molecular complexity index is 485. The Labute approximate surface area is 126 Å². The molecule has 1 saturated heterocycles. The number of hydrogen-bond donors (Lipinski definition) is 0. The maximum atomic E-state index is 13.8. The quantitative estimate of drug-likeness (QED) is 0.751. The molecule has 1 aromatic rings. The first-order valence-electron chi connectivity index (χ1n) is 7.09. The van der Waals surface area contributed by atoms with Crippen LogP contribution in [0.25, 0.3) is 0 Å². The summed E-state index contributed by atoms with van der Waals surface area (Å²) in [4.78, 5) is 0. The van der Waals surface area contributed by atoms with Gasteiger partial charge in [-0.25, -0.2) is 8.78 Å². The number of hydrogen-bond acceptors (Lipinski definition) is 3. The Morgan fingerprint density at radius 3 is 2.18 bits per heavy atom. The van der Waals surface area contributed by atoms with E-state index in [9.17, 15) is 17.6 Å². The van der Waals surface area contributed by atoms with E-state index in [2.05, 4.69) is 4.74 Å². The molecule has 1 aromatic carbocycles. The van der Waals surface area contributed by atoms with Crippen LogP contribution in [0.4, 0.5) is 17.6 Å². The highest BCUT2D eigenvalue weighted by atomic mass is 19.3. The molecule has 0 atom stereocenters. The van der Waals surface area contributed by atoms with E-state index in [-0.39, 0.29) is 11.5 Å². The van der Waals surface area contributed by atoms with Crippen LogP contribution in [0.15, 0.2) is 12.1 Å². The molecule has 124 valence electrons. The third-order valence-corrected chi connectivity index (χ3v) is 3.24. The minimum absolute atomic E-state index is 0.0942. The predicted molar refractivity (Wildman–Crippen MR) is 70.7 cm³/mol. The van der Waals surface area contributed by atoms with Crippen molar-refractivity contribution >= 4 is 0 Å². The smallest absolute Gasteiger partial charge is 0.395 e. The summed E-state index contributed by atoms with van der Waals surface area (Å²) < 4.78 is 67.9. The first-order chi connectivity index (χ1) is 10.3. The van der Waals surface area contributed by atoms with Crippen molar-refractivity contribution in [3.8, 4) is 5.75 Å². The SMILES string of the molecule is CCCC1COC(c2cc(F)c(OC(C)(F)F)c(F)c2)OC1. The van der Waals surface area contributed by atoms with E-state index in [0.29, 0.717) is 20.1 Å². The molecule has 0 amide bonds. The van der Waals surface area contributed by atoms with Gasteiger partial charge >= 0.3 is 6.11 Å². The zero-order valence-electron chi connectivity index (χ0n) is 12.4. The molecule has 22 heavy (non-hydrogen) atoms. The number of rotatable bonds is 5. The molecule has 0 bridgehead atoms. The van der Waals surface area contributed by atoms with E-state index in [1.54, 1.807) is 0 Å². The minimum atomic E-state index is -3.67. The third-order valence-electron chi connectivity index (χ3n) is 3.24. The average Bonchev–Trinajstić information content (AvgIpc) is 2.43. The maximum absolute atomic E-state index is 13.8. The van der Waals surface area contributed by atoms with Crippen molar-refractivity contribution in [3.63, 3.8) is 0 Å². The zero-order valence-corrected chi connectivity index (χ0v) is 12.4. The van der Waals surface area contributed by atoms with Gasteiger partial charge in [-0.15, -0.1) is 0 Å². The van der Waals surface area contributed by atoms with Gasteiger partial charge in [0.05, 0.1) is 13.2 Å². The van der Waals surface area contributed by atoms with Gasteiger partial charge in [-0.2, -0.15) is 8.78 Å². The molecule has 0 spiro atoms. The van der Waals surface area contributed by atoms with E-state index in [1.165, 1.54) is 0 Å². The van der Waals surface area contributed by atoms with Gasteiger partial charge in [-0.3, -0.25) is 0 Å². The van der Waals surface area contributed by atoms with Crippen molar-refractivity contribution in [3.05, 3.63) is 29.3 Å². The highest BCUT2D eigenvalue weighted by molar-refractivity contribution is 5.32. The molecular formula is C15H18F4O3. The third kappa shape index (κ3) is 4.33. The van der Waals surface area contributed by atoms with Crippen molar-refractivity contribution in [1.82, 2.24) is 0 Å². The molecule has 1 heterocycles. The van der Waals surface area contributed by atoms with Crippen LogP contribution >= 0.6 is 0 Å². The Kier molecular flexibility index (Phi) is 5.28. The summed E-state index contributed by atoms with van der Waals surface area (Å²) in [7, 11) is 0. The maximum Gasteiger partial charge on any atom is 0.395 e. The summed E-state index contributed by atoms with van der Waals surface area (Å²) in [5.41, 5.74) is 0.0942. The van der Waals surface area contributed by atoms with Crippen LogP contribution in [0.3, 0.4) is 0 Å². The van der Waals surface area contributed by atoms with Crippen LogP contribution < -0.4 is 4.74 Å². The van der Waals surface area contributed by atoms with Gasteiger partial charge in [-0.05, 0) is 18.6 Å². The molecule has 2 rings (SSSR count). The van der Waals surface area contributed by atoms with Crippen molar-refractivity contribution in [2.75, 3.05) is 13.2 Å². The molecule has 0 aliphatic carbocycles. The van der Waals surface area contributed by atoms with Crippen LogP contribution in [-0.2, 0) is 9.47 Å². The van der Waals surface area contributed by atoms with E-state index >= 15 is 0 Å². The van der Waals surface area contributed by atoms with E-state index in [4.69, 9.17) is 9.47 Å². The van der Waals surface area contributed by atoms with E-state index in [0.717, 1.165) is 25.0 Å². The van der Waals surface area contributed by atoms with Crippen LogP contribution in [0.2, 0.25) is 0 Å². The van der Waals surface area contributed by atoms with Crippen molar-refractivity contribution in [1.29, 1.82) is 0 Å². The van der Waals surface area contributed by atoms with Gasteiger partial charge in [0.15, 0.2) is 23.7 Å². The number of ether oxygens (including phenoxy) is 3. The average molecular weight is 322 g/mol. The van der Waals surface area contributed by atoms with Crippen LogP contribution in [0, 0.1) is 17.6 Å². The van der Waals surface area contributed by atoms with Gasteiger partial charge < -0.3 is 14.2 Å². The first-order valence-corrected chi connectivity index (χ1v) is 7.09. The van der Waals surface area contributed by atoms with Gasteiger partial charge in [0.25, 0.3) is 0 Å². The molecule has 1 aliphatic rings.